The Labute approximate surface area is 168 Å². The number of aromatic nitrogens is 2. The maximum atomic E-state index is 13.1. The summed E-state index contributed by atoms with van der Waals surface area (Å²) >= 11 is 0. The third-order valence-corrected chi connectivity index (χ3v) is 5.21. The van der Waals surface area contributed by atoms with Gasteiger partial charge in [0.25, 0.3) is 5.91 Å². The number of nitrogens with zero attached hydrogens (tertiary/aromatic N) is 2. The molecule has 1 atom stereocenters. The lowest BCUT2D eigenvalue weighted by molar-refractivity contribution is 0.0743. The van der Waals surface area contributed by atoms with Gasteiger partial charge in [-0.1, -0.05) is 25.1 Å². The van der Waals surface area contributed by atoms with Crippen molar-refractivity contribution in [2.45, 2.75) is 19.4 Å². The molecular weight excluding hydrogens is 370 g/mol. The zero-order chi connectivity index (χ0) is 20.5. The fourth-order valence-corrected chi connectivity index (χ4v) is 3.92. The lowest BCUT2D eigenvalue weighted by Gasteiger charge is -2.26. The van der Waals surface area contributed by atoms with Gasteiger partial charge in [-0.15, -0.1) is 0 Å². The van der Waals surface area contributed by atoms with Crippen LogP contribution in [-0.4, -0.2) is 46.9 Å². The van der Waals surface area contributed by atoms with Gasteiger partial charge in [0.1, 0.15) is 17.1 Å². The zero-order valence-corrected chi connectivity index (χ0v) is 16.6. The van der Waals surface area contributed by atoms with Crippen molar-refractivity contribution in [3.8, 4) is 28.5 Å². The summed E-state index contributed by atoms with van der Waals surface area (Å²) in [6.45, 7) is 2.63. The second kappa shape index (κ2) is 7.50. The summed E-state index contributed by atoms with van der Waals surface area (Å²) in [4.78, 5) is 14.9. The molecule has 2 N–H and O–H groups in total. The van der Waals surface area contributed by atoms with Crippen molar-refractivity contribution in [3.63, 3.8) is 0 Å². The number of hydrogen-bond donors (Lipinski definition) is 2. The van der Waals surface area contributed by atoms with Gasteiger partial charge in [0.05, 0.1) is 20.3 Å². The standard InChI is InChI=1S/C22H23N3O4/c1-4-11-25-21(13-9-10-16(28-2)17(12-13)29-3)18-19(23-24-20(18)22(25)27)14-7-5-6-8-15(14)26/h5-10,12,21,26H,4,11H2,1-3H3,(H,23,24)/t21-/m1/s1. The maximum Gasteiger partial charge on any atom is 0.273 e. The van der Waals surface area contributed by atoms with Crippen molar-refractivity contribution in [3.05, 3.63) is 59.3 Å². The van der Waals surface area contributed by atoms with Gasteiger partial charge in [-0.25, -0.2) is 0 Å². The first-order chi connectivity index (χ1) is 14.1. The van der Waals surface area contributed by atoms with E-state index in [4.69, 9.17) is 9.47 Å². The van der Waals surface area contributed by atoms with Crippen LogP contribution in [0.3, 0.4) is 0 Å². The van der Waals surface area contributed by atoms with Crippen LogP contribution in [0.4, 0.5) is 0 Å². The number of hydrogen-bond acceptors (Lipinski definition) is 5. The highest BCUT2D eigenvalue weighted by molar-refractivity contribution is 6.00. The predicted molar refractivity (Wildman–Crippen MR) is 108 cm³/mol. The van der Waals surface area contributed by atoms with Gasteiger partial charge in [-0.05, 0) is 36.2 Å². The first kappa shape index (κ1) is 18.9. The molecule has 0 radical (unpaired) electrons. The van der Waals surface area contributed by atoms with Crippen molar-refractivity contribution in [1.29, 1.82) is 0 Å². The van der Waals surface area contributed by atoms with Crippen LogP contribution < -0.4 is 9.47 Å². The molecule has 0 unspecified atom stereocenters. The summed E-state index contributed by atoms with van der Waals surface area (Å²) in [6.07, 6.45) is 0.819. The molecule has 1 amide bonds. The number of rotatable bonds is 6. The van der Waals surface area contributed by atoms with E-state index in [2.05, 4.69) is 10.2 Å². The largest absolute Gasteiger partial charge is 0.507 e. The van der Waals surface area contributed by atoms with E-state index >= 15 is 0 Å². The molecule has 2 aromatic carbocycles. The number of benzene rings is 2. The molecule has 0 saturated heterocycles. The summed E-state index contributed by atoms with van der Waals surface area (Å²) in [6, 6.07) is 12.3. The Kier molecular flexibility index (Phi) is 4.88. The summed E-state index contributed by atoms with van der Waals surface area (Å²) in [7, 11) is 3.17. The molecule has 0 spiro atoms. The SMILES string of the molecule is CCCN1C(=O)c2[nH]nc(-c3ccccc3O)c2[C@H]1c1ccc(OC)c(OC)c1. The van der Waals surface area contributed by atoms with Gasteiger partial charge in [-0.3, -0.25) is 9.89 Å². The van der Waals surface area contributed by atoms with Crippen LogP contribution in [-0.2, 0) is 0 Å². The molecule has 0 aliphatic carbocycles. The molecular formula is C22H23N3O4. The number of amides is 1. The number of phenolic OH excluding ortho intramolecular Hbond substituents is 1. The topological polar surface area (TPSA) is 87.7 Å². The monoisotopic (exact) mass is 393 g/mol. The molecule has 0 bridgehead atoms. The van der Waals surface area contributed by atoms with Crippen LogP contribution in [0.1, 0.15) is 41.0 Å². The quantitative estimate of drug-likeness (QED) is 0.666. The van der Waals surface area contributed by atoms with E-state index < -0.39 is 0 Å². The first-order valence-electron chi connectivity index (χ1n) is 9.50. The van der Waals surface area contributed by atoms with E-state index in [0.717, 1.165) is 17.5 Å². The molecule has 3 aromatic rings. The number of carbonyl (C=O) groups excluding carboxylic acids is 1. The lowest BCUT2D eigenvalue weighted by Crippen LogP contribution is -2.30. The van der Waals surface area contributed by atoms with Gasteiger partial charge in [0, 0.05) is 17.7 Å². The average molecular weight is 393 g/mol. The van der Waals surface area contributed by atoms with Crippen LogP contribution >= 0.6 is 0 Å². The second-order valence-electron chi connectivity index (χ2n) is 6.89. The Hall–Kier alpha value is -3.48. The van der Waals surface area contributed by atoms with Crippen LogP contribution in [0.5, 0.6) is 17.2 Å². The number of para-hydroxylation sites is 1. The highest BCUT2D eigenvalue weighted by Crippen LogP contribution is 2.45. The van der Waals surface area contributed by atoms with Gasteiger partial charge in [0.15, 0.2) is 11.5 Å². The second-order valence-corrected chi connectivity index (χ2v) is 6.89. The number of carbonyl (C=O) groups is 1. The normalized spacial score (nSPS) is 15.5. The van der Waals surface area contributed by atoms with Gasteiger partial charge in [-0.2, -0.15) is 5.10 Å². The van der Waals surface area contributed by atoms with Crippen LogP contribution in [0.25, 0.3) is 11.3 Å². The smallest absolute Gasteiger partial charge is 0.273 e. The molecule has 4 rings (SSSR count). The number of methoxy groups -OCH3 is 2. The minimum atomic E-state index is -0.342. The van der Waals surface area contributed by atoms with Crippen molar-refractivity contribution in [1.82, 2.24) is 15.1 Å². The number of fused-ring (bicyclic) bond motifs is 1. The van der Waals surface area contributed by atoms with Gasteiger partial charge >= 0.3 is 0 Å². The Morgan fingerprint density at radius 1 is 1.14 bits per heavy atom. The minimum absolute atomic E-state index is 0.101. The molecule has 0 fully saturated rings. The highest BCUT2D eigenvalue weighted by atomic mass is 16.5. The van der Waals surface area contributed by atoms with E-state index in [1.54, 1.807) is 32.4 Å². The van der Waals surface area contributed by atoms with E-state index in [-0.39, 0.29) is 17.7 Å². The van der Waals surface area contributed by atoms with Crippen molar-refractivity contribution < 1.29 is 19.4 Å². The molecule has 0 saturated carbocycles. The highest BCUT2D eigenvalue weighted by Gasteiger charge is 2.42. The summed E-state index contributed by atoms with van der Waals surface area (Å²) in [5, 5.41) is 17.6. The number of aromatic amines is 1. The number of aromatic hydroxyl groups is 1. The predicted octanol–water partition coefficient (Wildman–Crippen LogP) is 3.75. The Bertz CT molecular complexity index is 1060. The summed E-state index contributed by atoms with van der Waals surface area (Å²) in [5.74, 6) is 1.23. The van der Waals surface area contributed by atoms with Crippen molar-refractivity contribution in [2.75, 3.05) is 20.8 Å². The van der Waals surface area contributed by atoms with Crippen LogP contribution in [0, 0.1) is 0 Å². The average Bonchev–Trinajstić information content (AvgIpc) is 3.28. The number of nitrogens with one attached hydrogen (secondary N) is 1. The first-order valence-corrected chi connectivity index (χ1v) is 9.50. The number of ether oxygens (including phenoxy) is 2. The number of phenols is 1. The molecule has 7 nitrogen and oxygen atoms in total. The van der Waals surface area contributed by atoms with E-state index in [1.165, 1.54) is 0 Å². The fourth-order valence-electron chi connectivity index (χ4n) is 3.92. The Morgan fingerprint density at radius 3 is 2.59 bits per heavy atom. The van der Waals surface area contributed by atoms with Crippen molar-refractivity contribution in [2.24, 2.45) is 0 Å². The maximum absolute atomic E-state index is 13.1. The molecule has 1 aliphatic rings. The summed E-state index contributed by atoms with van der Waals surface area (Å²) < 4.78 is 10.8. The Morgan fingerprint density at radius 2 is 1.90 bits per heavy atom. The minimum Gasteiger partial charge on any atom is -0.507 e. The van der Waals surface area contributed by atoms with E-state index in [9.17, 15) is 9.90 Å². The molecule has 1 aliphatic heterocycles. The van der Waals surface area contributed by atoms with Gasteiger partial charge < -0.3 is 19.5 Å². The molecule has 2 heterocycles. The Balaban J connectivity index is 1.91. The molecule has 1 aromatic heterocycles. The molecule has 7 heteroatoms. The third-order valence-electron chi connectivity index (χ3n) is 5.21. The van der Waals surface area contributed by atoms with E-state index in [0.29, 0.717) is 35.0 Å². The number of H-pyrrole nitrogens is 1. The fraction of sp³-hybridized carbons (Fsp3) is 0.273. The van der Waals surface area contributed by atoms with Gasteiger partial charge in [0.2, 0.25) is 0 Å². The van der Waals surface area contributed by atoms with E-state index in [1.807, 2.05) is 36.1 Å². The zero-order valence-electron chi connectivity index (χ0n) is 16.6. The van der Waals surface area contributed by atoms with Crippen LogP contribution in [0.2, 0.25) is 0 Å². The molecule has 150 valence electrons. The van der Waals surface area contributed by atoms with Crippen LogP contribution in [0.15, 0.2) is 42.5 Å². The summed E-state index contributed by atoms with van der Waals surface area (Å²) in [5.41, 5.74) is 3.27. The van der Waals surface area contributed by atoms with Crippen molar-refractivity contribution >= 4 is 5.91 Å². The lowest BCUT2D eigenvalue weighted by atomic mass is 9.95. The third kappa shape index (κ3) is 2.99. The molecule has 29 heavy (non-hydrogen) atoms.